The summed E-state index contributed by atoms with van der Waals surface area (Å²) < 4.78 is 33.8. The van der Waals surface area contributed by atoms with Crippen LogP contribution < -0.4 is 5.32 Å². The Morgan fingerprint density at radius 1 is 0.493 bits per heavy atom. The first-order chi connectivity index (χ1) is 34.3. The largest absolute Gasteiger partial charge is 0.394 e. The molecule has 3 aliphatic rings. The van der Waals surface area contributed by atoms with Crippen molar-refractivity contribution >= 4 is 5.91 Å². The van der Waals surface area contributed by atoms with Gasteiger partial charge in [-0.1, -0.05) is 167 Å². The summed E-state index contributed by atoms with van der Waals surface area (Å²) >= 11 is 0. The first kappa shape index (κ1) is 63.8. The van der Waals surface area contributed by atoms with Crippen LogP contribution in [0.1, 0.15) is 181 Å². The average Bonchev–Trinajstić information content (AvgIpc) is 3.36. The summed E-state index contributed by atoms with van der Waals surface area (Å²) in [5, 5.41) is 119. The Kier molecular flexibility index (Phi) is 33.5. The Labute approximate surface area is 423 Å². The summed E-state index contributed by atoms with van der Waals surface area (Å²) in [4.78, 5) is 12.6. The Hall–Kier alpha value is -1.47. The summed E-state index contributed by atoms with van der Waals surface area (Å²) in [6.45, 7) is 1.34. The molecular formula is C52H97NO18. The van der Waals surface area contributed by atoms with Crippen LogP contribution in [0.3, 0.4) is 0 Å². The van der Waals surface area contributed by atoms with E-state index in [1.54, 1.807) is 6.08 Å². The lowest BCUT2D eigenvalue weighted by atomic mass is 9.96. The van der Waals surface area contributed by atoms with E-state index in [0.717, 1.165) is 25.7 Å². The number of allylic oxidation sites excluding steroid dienone is 1. The number of carbonyl (C=O) groups excluding carboxylic acids is 1. The number of amides is 1. The van der Waals surface area contributed by atoms with Crippen molar-refractivity contribution in [1.29, 1.82) is 0 Å². The summed E-state index contributed by atoms with van der Waals surface area (Å²) in [5.41, 5.74) is 0. The highest BCUT2D eigenvalue weighted by molar-refractivity contribution is 5.76. The van der Waals surface area contributed by atoms with Gasteiger partial charge in [-0.25, -0.2) is 0 Å². The third kappa shape index (κ3) is 22.7. The molecule has 0 aromatic carbocycles. The number of carbonyl (C=O) groups is 1. The van der Waals surface area contributed by atoms with Gasteiger partial charge >= 0.3 is 0 Å². The molecular weight excluding hydrogens is 927 g/mol. The van der Waals surface area contributed by atoms with Crippen molar-refractivity contribution in [3.8, 4) is 0 Å². The minimum atomic E-state index is -1.97. The molecule has 0 aliphatic carbocycles. The Morgan fingerprint density at radius 2 is 0.873 bits per heavy atom. The first-order valence-corrected chi connectivity index (χ1v) is 27.4. The van der Waals surface area contributed by atoms with E-state index in [4.69, 9.17) is 28.4 Å². The van der Waals surface area contributed by atoms with Gasteiger partial charge in [-0.15, -0.1) is 0 Å². The third-order valence-electron chi connectivity index (χ3n) is 14.1. The maximum Gasteiger partial charge on any atom is 0.220 e. The van der Waals surface area contributed by atoms with E-state index in [2.05, 4.69) is 12.2 Å². The van der Waals surface area contributed by atoms with Crippen LogP contribution in [0.15, 0.2) is 12.2 Å². The molecule has 1 amide bonds. The smallest absolute Gasteiger partial charge is 0.220 e. The fourth-order valence-corrected chi connectivity index (χ4v) is 9.53. The summed E-state index contributed by atoms with van der Waals surface area (Å²) in [7, 11) is 0. The second-order valence-electron chi connectivity index (χ2n) is 20.1. The number of unbranched alkanes of at least 4 members (excludes halogenated alkanes) is 23. The molecule has 0 spiro atoms. The lowest BCUT2D eigenvalue weighted by molar-refractivity contribution is -0.379. The van der Waals surface area contributed by atoms with Crippen LogP contribution in [-0.2, 0) is 33.2 Å². The van der Waals surface area contributed by atoms with Crippen LogP contribution in [0.4, 0.5) is 0 Å². The maximum atomic E-state index is 12.6. The van der Waals surface area contributed by atoms with Gasteiger partial charge in [0.2, 0.25) is 5.91 Å². The second kappa shape index (κ2) is 37.3. The minimum absolute atomic E-state index is 0.195. The molecule has 12 N–H and O–H groups in total. The highest BCUT2D eigenvalue weighted by Gasteiger charge is 2.53. The molecule has 3 heterocycles. The molecule has 0 saturated carbocycles. The summed E-state index contributed by atoms with van der Waals surface area (Å²) in [5.74, 6) is -0.328. The zero-order valence-electron chi connectivity index (χ0n) is 43.0. The van der Waals surface area contributed by atoms with Crippen LogP contribution in [0.25, 0.3) is 0 Å². The summed E-state index contributed by atoms with van der Waals surface area (Å²) in [6, 6.07) is -0.963. The van der Waals surface area contributed by atoms with E-state index < -0.39 is 124 Å². The monoisotopic (exact) mass is 1020 g/mol. The highest BCUT2D eigenvalue weighted by atomic mass is 16.8. The average molecular weight is 1020 g/mol. The fourth-order valence-electron chi connectivity index (χ4n) is 9.53. The topological polar surface area (TPSA) is 307 Å². The number of hydrogen-bond acceptors (Lipinski definition) is 18. The number of ether oxygens (including phenoxy) is 6. The van der Waals surface area contributed by atoms with Gasteiger partial charge in [0.25, 0.3) is 0 Å². The van der Waals surface area contributed by atoms with Crippen molar-refractivity contribution in [1.82, 2.24) is 5.32 Å². The van der Waals surface area contributed by atoms with Crippen molar-refractivity contribution in [2.45, 2.75) is 285 Å². The predicted molar refractivity (Wildman–Crippen MR) is 263 cm³/mol. The molecule has 71 heavy (non-hydrogen) atoms. The van der Waals surface area contributed by atoms with Gasteiger partial charge in [-0.05, 0) is 19.3 Å². The molecule has 3 fully saturated rings. The highest BCUT2D eigenvalue weighted by Crippen LogP contribution is 2.33. The molecule has 0 bridgehead atoms. The van der Waals surface area contributed by atoms with Crippen LogP contribution in [-0.4, -0.2) is 193 Å². The number of hydrogen-bond donors (Lipinski definition) is 12. The van der Waals surface area contributed by atoms with Gasteiger partial charge in [0, 0.05) is 6.42 Å². The van der Waals surface area contributed by atoms with Gasteiger partial charge in [0.15, 0.2) is 18.9 Å². The second-order valence-corrected chi connectivity index (χ2v) is 20.1. The number of nitrogens with one attached hydrogen (secondary N) is 1. The van der Waals surface area contributed by atoms with Gasteiger partial charge in [0.05, 0.1) is 38.6 Å². The minimum Gasteiger partial charge on any atom is -0.394 e. The molecule has 19 heteroatoms. The number of rotatable bonds is 39. The Bertz CT molecular complexity index is 1360. The van der Waals surface area contributed by atoms with Crippen molar-refractivity contribution in [2.75, 3.05) is 26.4 Å². The lowest BCUT2D eigenvalue weighted by Gasteiger charge is -2.48. The van der Waals surface area contributed by atoms with Crippen molar-refractivity contribution in [2.24, 2.45) is 0 Å². The molecule has 0 aromatic heterocycles. The lowest BCUT2D eigenvalue weighted by Crippen LogP contribution is -2.66. The number of aliphatic hydroxyl groups is 11. The van der Waals surface area contributed by atoms with Crippen molar-refractivity contribution < 1.29 is 89.4 Å². The molecule has 3 aliphatic heterocycles. The van der Waals surface area contributed by atoms with Crippen LogP contribution >= 0.6 is 0 Å². The van der Waals surface area contributed by atoms with Crippen LogP contribution in [0.5, 0.6) is 0 Å². The molecule has 17 unspecified atom stereocenters. The summed E-state index contributed by atoms with van der Waals surface area (Å²) in [6.07, 6.45) is 8.61. The van der Waals surface area contributed by atoms with Gasteiger partial charge in [-0.3, -0.25) is 4.79 Å². The van der Waals surface area contributed by atoms with Crippen LogP contribution in [0.2, 0.25) is 0 Å². The first-order valence-electron chi connectivity index (χ1n) is 27.4. The van der Waals surface area contributed by atoms with Gasteiger partial charge in [-0.2, -0.15) is 0 Å². The molecule has 418 valence electrons. The van der Waals surface area contributed by atoms with E-state index in [0.29, 0.717) is 6.42 Å². The maximum absolute atomic E-state index is 12.6. The van der Waals surface area contributed by atoms with E-state index in [1.807, 2.05) is 13.0 Å². The van der Waals surface area contributed by atoms with E-state index in [1.165, 1.54) is 128 Å². The molecule has 17 atom stereocenters. The van der Waals surface area contributed by atoms with Crippen molar-refractivity contribution in [3.63, 3.8) is 0 Å². The molecule has 3 saturated heterocycles. The van der Waals surface area contributed by atoms with Crippen LogP contribution in [0, 0.1) is 0 Å². The van der Waals surface area contributed by atoms with E-state index in [9.17, 15) is 61.0 Å². The molecule has 19 nitrogen and oxygen atoms in total. The Morgan fingerprint density at radius 3 is 1.30 bits per heavy atom. The van der Waals surface area contributed by atoms with E-state index in [-0.39, 0.29) is 18.9 Å². The van der Waals surface area contributed by atoms with E-state index >= 15 is 0 Å². The SMILES string of the molecule is CCCCCCCCCCCCCCCCCCCCCCCCC/C=C/C(O)C(COC1OC(CO)C(OC2OC(CO)C(OC3OC(CO)C(O)C(O)C3O)C(O)C2O)C(O)C1O)NC(=O)CCC. The standard InChI is InChI=1S/C52H97NO18/c1-3-5-6-7-8-9-10-11-12-13-14-15-16-17-18-19-20-21-22-23-24-25-26-27-28-30-36(57)35(53-40(58)29-4-2)34-66-50-46(64)43(61)48(38(32-55)68-50)71-52-47(65)44(62)49(39(33-56)69-52)70-51-45(63)42(60)41(59)37(31-54)67-51/h28,30,35-39,41-52,54-57,59-65H,3-27,29,31-34H2,1-2H3,(H,53,58)/b30-28+. The van der Waals surface area contributed by atoms with Gasteiger partial charge < -0.3 is 89.9 Å². The van der Waals surface area contributed by atoms with Crippen molar-refractivity contribution in [3.05, 3.63) is 12.2 Å². The molecule has 0 radical (unpaired) electrons. The Balaban J connectivity index is 1.35. The quantitative estimate of drug-likeness (QED) is 0.0311. The zero-order valence-corrected chi connectivity index (χ0v) is 43.0. The fraction of sp³-hybridized carbons (Fsp3) is 0.942. The van der Waals surface area contributed by atoms with Gasteiger partial charge in [0.1, 0.15) is 73.2 Å². The predicted octanol–water partition coefficient (Wildman–Crippen LogP) is 3.04. The molecule has 0 aromatic rings. The third-order valence-corrected chi connectivity index (χ3v) is 14.1. The number of aliphatic hydroxyl groups excluding tert-OH is 11. The normalized spacial score (nSPS) is 32.3. The zero-order chi connectivity index (χ0) is 52.0. The molecule has 3 rings (SSSR count).